The number of halogens is 1. The predicted octanol–water partition coefficient (Wildman–Crippen LogP) is 3.04. The minimum atomic E-state index is 0.734. The van der Waals surface area contributed by atoms with Crippen molar-refractivity contribution in [2.75, 3.05) is 0 Å². The van der Waals surface area contributed by atoms with Crippen LogP contribution in [0.3, 0.4) is 0 Å². The Hall–Kier alpha value is -1.28. The van der Waals surface area contributed by atoms with Gasteiger partial charge in [-0.15, -0.1) is 0 Å². The quantitative estimate of drug-likeness (QED) is 0.739. The molecule has 1 N–H and O–H groups in total. The number of aryl methyl sites for hydroxylation is 1. The summed E-state index contributed by atoms with van der Waals surface area (Å²) in [5.41, 5.74) is 3.00. The maximum Gasteiger partial charge on any atom is 0.0964 e. The molecule has 2 nitrogen and oxygen atoms in total. The molecule has 0 fully saturated rings. The van der Waals surface area contributed by atoms with E-state index in [0.29, 0.717) is 0 Å². The summed E-state index contributed by atoms with van der Waals surface area (Å²) >= 11 is 6.03. The van der Waals surface area contributed by atoms with Crippen molar-refractivity contribution in [1.82, 2.24) is 10.2 Å². The number of aromatic amines is 1. The lowest BCUT2D eigenvalue weighted by atomic mass is 10.1. The molecule has 3 heteroatoms. The smallest absolute Gasteiger partial charge is 0.0964 e. The average molecular weight is 193 g/mol. The summed E-state index contributed by atoms with van der Waals surface area (Å²) < 4.78 is 0. The Balaban J connectivity index is 2.59. The highest BCUT2D eigenvalue weighted by molar-refractivity contribution is 6.33. The van der Waals surface area contributed by atoms with E-state index in [1.807, 2.05) is 37.4 Å². The Morgan fingerprint density at radius 2 is 2.08 bits per heavy atom. The van der Waals surface area contributed by atoms with Crippen molar-refractivity contribution in [1.29, 1.82) is 0 Å². The van der Waals surface area contributed by atoms with Gasteiger partial charge in [0.15, 0.2) is 0 Å². The molecule has 0 unspecified atom stereocenters. The second-order valence-electron chi connectivity index (χ2n) is 2.90. The Morgan fingerprint density at radius 1 is 1.31 bits per heavy atom. The molecule has 66 valence electrons. The Morgan fingerprint density at radius 3 is 2.69 bits per heavy atom. The fourth-order valence-corrected chi connectivity index (χ4v) is 1.50. The van der Waals surface area contributed by atoms with Gasteiger partial charge >= 0.3 is 0 Å². The standard InChI is InChI=1S/C10H9ClN2/c1-7-6-12-13-10(7)8-4-2-3-5-9(8)11/h2-6H,1H3,(H,12,13). The van der Waals surface area contributed by atoms with Gasteiger partial charge in [-0.2, -0.15) is 5.10 Å². The lowest BCUT2D eigenvalue weighted by Crippen LogP contribution is -1.81. The van der Waals surface area contributed by atoms with Crippen LogP contribution >= 0.6 is 11.6 Å². The van der Waals surface area contributed by atoms with Crippen molar-refractivity contribution in [3.05, 3.63) is 41.0 Å². The molecule has 0 aliphatic rings. The molecule has 2 aromatic rings. The Bertz CT molecular complexity index is 420. The molecule has 0 amide bonds. The summed E-state index contributed by atoms with van der Waals surface area (Å²) in [6.45, 7) is 2.00. The van der Waals surface area contributed by atoms with Crippen LogP contribution in [0.4, 0.5) is 0 Å². The van der Waals surface area contributed by atoms with Crippen LogP contribution in [-0.2, 0) is 0 Å². The number of hydrogen-bond acceptors (Lipinski definition) is 1. The highest BCUT2D eigenvalue weighted by Crippen LogP contribution is 2.27. The number of nitrogens with zero attached hydrogens (tertiary/aromatic N) is 1. The van der Waals surface area contributed by atoms with Gasteiger partial charge in [0.05, 0.1) is 10.7 Å². The number of nitrogens with one attached hydrogen (secondary N) is 1. The van der Waals surface area contributed by atoms with E-state index in [9.17, 15) is 0 Å². The summed E-state index contributed by atoms with van der Waals surface area (Å²) in [4.78, 5) is 0. The summed E-state index contributed by atoms with van der Waals surface area (Å²) in [5, 5.41) is 7.69. The van der Waals surface area contributed by atoms with Crippen LogP contribution in [0.1, 0.15) is 5.56 Å². The molecule has 0 spiro atoms. The molecule has 0 radical (unpaired) electrons. The van der Waals surface area contributed by atoms with Gasteiger partial charge in [0.25, 0.3) is 0 Å². The summed E-state index contributed by atoms with van der Waals surface area (Å²) in [7, 11) is 0. The summed E-state index contributed by atoms with van der Waals surface area (Å²) in [6.07, 6.45) is 1.86. The number of benzene rings is 1. The van der Waals surface area contributed by atoms with Gasteiger partial charge in [0.2, 0.25) is 0 Å². The molecular weight excluding hydrogens is 184 g/mol. The van der Waals surface area contributed by atoms with E-state index >= 15 is 0 Å². The number of aromatic nitrogens is 2. The van der Waals surface area contributed by atoms with Gasteiger partial charge in [-0.25, -0.2) is 0 Å². The second kappa shape index (κ2) is 3.23. The van der Waals surface area contributed by atoms with Crippen LogP contribution in [0, 0.1) is 6.92 Å². The molecule has 0 aliphatic carbocycles. The highest BCUT2D eigenvalue weighted by atomic mass is 35.5. The lowest BCUT2D eigenvalue weighted by molar-refractivity contribution is 1.10. The van der Waals surface area contributed by atoms with Crippen LogP contribution in [0.15, 0.2) is 30.5 Å². The van der Waals surface area contributed by atoms with Gasteiger partial charge in [-0.05, 0) is 18.6 Å². The zero-order chi connectivity index (χ0) is 9.26. The van der Waals surface area contributed by atoms with E-state index < -0.39 is 0 Å². The minimum Gasteiger partial charge on any atom is -0.285 e. The SMILES string of the molecule is Cc1c[nH]nc1-c1ccccc1Cl. The molecule has 13 heavy (non-hydrogen) atoms. The molecule has 0 saturated carbocycles. The van der Waals surface area contributed by atoms with Gasteiger partial charge < -0.3 is 0 Å². The first kappa shape index (κ1) is 8.32. The van der Waals surface area contributed by atoms with E-state index in [-0.39, 0.29) is 0 Å². The minimum absolute atomic E-state index is 0.734. The molecule has 1 heterocycles. The Labute approximate surface area is 81.6 Å². The van der Waals surface area contributed by atoms with Crippen LogP contribution in [0.25, 0.3) is 11.3 Å². The van der Waals surface area contributed by atoms with Crippen LogP contribution in [-0.4, -0.2) is 10.2 Å². The molecule has 1 aromatic carbocycles. The maximum atomic E-state index is 6.03. The topological polar surface area (TPSA) is 28.7 Å². The molecule has 0 saturated heterocycles. The third-order valence-electron chi connectivity index (χ3n) is 1.96. The van der Waals surface area contributed by atoms with Crippen molar-refractivity contribution >= 4 is 11.6 Å². The van der Waals surface area contributed by atoms with Crippen LogP contribution in [0.5, 0.6) is 0 Å². The lowest BCUT2D eigenvalue weighted by Gasteiger charge is -2.00. The van der Waals surface area contributed by atoms with Crippen LogP contribution < -0.4 is 0 Å². The summed E-state index contributed by atoms with van der Waals surface area (Å²) in [5.74, 6) is 0. The fraction of sp³-hybridized carbons (Fsp3) is 0.100. The van der Waals surface area contributed by atoms with Gasteiger partial charge in [0, 0.05) is 11.8 Å². The number of H-pyrrole nitrogens is 1. The largest absolute Gasteiger partial charge is 0.285 e. The third-order valence-corrected chi connectivity index (χ3v) is 2.29. The number of rotatable bonds is 1. The molecule has 0 atom stereocenters. The average Bonchev–Trinajstić information content (AvgIpc) is 2.52. The fourth-order valence-electron chi connectivity index (χ4n) is 1.28. The van der Waals surface area contributed by atoms with Gasteiger partial charge in [-0.3, -0.25) is 5.10 Å². The van der Waals surface area contributed by atoms with Crippen molar-refractivity contribution in [2.45, 2.75) is 6.92 Å². The maximum absolute atomic E-state index is 6.03. The van der Waals surface area contributed by atoms with Crippen molar-refractivity contribution in [2.24, 2.45) is 0 Å². The zero-order valence-electron chi connectivity index (χ0n) is 7.21. The first-order chi connectivity index (χ1) is 6.29. The van der Waals surface area contributed by atoms with E-state index in [1.165, 1.54) is 0 Å². The zero-order valence-corrected chi connectivity index (χ0v) is 7.97. The number of hydrogen-bond donors (Lipinski definition) is 1. The van der Waals surface area contributed by atoms with Crippen molar-refractivity contribution in [3.8, 4) is 11.3 Å². The van der Waals surface area contributed by atoms with E-state index in [0.717, 1.165) is 21.8 Å². The Kier molecular flexibility index (Phi) is 2.07. The monoisotopic (exact) mass is 192 g/mol. The van der Waals surface area contributed by atoms with Gasteiger partial charge in [0.1, 0.15) is 0 Å². The van der Waals surface area contributed by atoms with Crippen molar-refractivity contribution < 1.29 is 0 Å². The molecule has 0 bridgehead atoms. The first-order valence-electron chi connectivity index (χ1n) is 4.04. The third kappa shape index (κ3) is 1.45. The predicted molar refractivity (Wildman–Crippen MR) is 53.8 cm³/mol. The second-order valence-corrected chi connectivity index (χ2v) is 3.30. The molecule has 2 rings (SSSR count). The molecule has 0 aliphatic heterocycles. The van der Waals surface area contributed by atoms with Crippen LogP contribution in [0.2, 0.25) is 5.02 Å². The first-order valence-corrected chi connectivity index (χ1v) is 4.42. The molecule has 1 aromatic heterocycles. The van der Waals surface area contributed by atoms with E-state index in [1.54, 1.807) is 0 Å². The van der Waals surface area contributed by atoms with Gasteiger partial charge in [-0.1, -0.05) is 29.8 Å². The van der Waals surface area contributed by atoms with E-state index in [2.05, 4.69) is 10.2 Å². The highest BCUT2D eigenvalue weighted by Gasteiger charge is 2.07. The van der Waals surface area contributed by atoms with E-state index in [4.69, 9.17) is 11.6 Å². The summed E-state index contributed by atoms with van der Waals surface area (Å²) in [6, 6.07) is 7.69. The molecular formula is C10H9ClN2. The van der Waals surface area contributed by atoms with Crippen molar-refractivity contribution in [3.63, 3.8) is 0 Å². The normalized spacial score (nSPS) is 10.3.